The highest BCUT2D eigenvalue weighted by molar-refractivity contribution is 4.91. The van der Waals surface area contributed by atoms with E-state index in [1.807, 2.05) is 0 Å². The van der Waals surface area contributed by atoms with Crippen molar-refractivity contribution in [3.63, 3.8) is 0 Å². The summed E-state index contributed by atoms with van der Waals surface area (Å²) in [6.07, 6.45) is 5.09. The van der Waals surface area contributed by atoms with Crippen molar-refractivity contribution in [2.45, 2.75) is 64.1 Å². The fraction of sp³-hybridized carbons (Fsp3) is 1.00. The maximum Gasteiger partial charge on any atom is 0.0611 e. The van der Waals surface area contributed by atoms with Crippen LogP contribution in [0.5, 0.6) is 0 Å². The Morgan fingerprint density at radius 3 is 2.71 bits per heavy atom. The maximum absolute atomic E-state index is 9.70. The van der Waals surface area contributed by atoms with Crippen LogP contribution in [0.25, 0.3) is 0 Å². The van der Waals surface area contributed by atoms with Crippen molar-refractivity contribution in [2.75, 3.05) is 39.8 Å². The minimum absolute atomic E-state index is 0.144. The Bertz CT molecular complexity index is 323. The summed E-state index contributed by atoms with van der Waals surface area (Å²) in [4.78, 5) is 5.19. The summed E-state index contributed by atoms with van der Waals surface area (Å²) >= 11 is 0. The molecule has 4 nitrogen and oxygen atoms in total. The van der Waals surface area contributed by atoms with Crippen molar-refractivity contribution >= 4 is 0 Å². The number of nitrogens with zero attached hydrogens (tertiary/aromatic N) is 2. The Labute approximate surface area is 130 Å². The number of hydrogen-bond donors (Lipinski definition) is 2. The Morgan fingerprint density at radius 2 is 2.05 bits per heavy atom. The Kier molecular flexibility index (Phi) is 6.06. The molecule has 2 saturated heterocycles. The van der Waals surface area contributed by atoms with Crippen LogP contribution in [0, 0.1) is 5.92 Å². The number of piperidine rings is 2. The summed E-state index contributed by atoms with van der Waals surface area (Å²) in [7, 11) is 2.29. The Morgan fingerprint density at radius 1 is 1.29 bits per heavy atom. The first-order valence-corrected chi connectivity index (χ1v) is 8.75. The van der Waals surface area contributed by atoms with Crippen molar-refractivity contribution in [3.8, 4) is 0 Å². The fourth-order valence-corrected chi connectivity index (χ4v) is 4.23. The molecule has 3 atom stereocenters. The summed E-state index contributed by atoms with van der Waals surface area (Å²) in [5.41, 5.74) is -0.144. The minimum atomic E-state index is -0.144. The number of nitrogens with one attached hydrogen (secondary N) is 1. The van der Waals surface area contributed by atoms with Gasteiger partial charge in [0.1, 0.15) is 0 Å². The van der Waals surface area contributed by atoms with E-state index in [4.69, 9.17) is 0 Å². The van der Waals surface area contributed by atoms with E-state index in [9.17, 15) is 5.11 Å². The van der Waals surface area contributed by atoms with E-state index in [1.54, 1.807) is 0 Å². The number of fused-ring (bicyclic) bond motifs is 1. The quantitative estimate of drug-likeness (QED) is 0.780. The lowest BCUT2D eigenvalue weighted by Crippen LogP contribution is -2.55. The molecule has 2 aliphatic rings. The first kappa shape index (κ1) is 17.2. The summed E-state index contributed by atoms with van der Waals surface area (Å²) < 4.78 is 0. The third kappa shape index (κ3) is 4.65. The molecule has 124 valence electrons. The summed E-state index contributed by atoms with van der Waals surface area (Å²) in [5, 5.41) is 13.2. The van der Waals surface area contributed by atoms with Crippen LogP contribution in [0.4, 0.5) is 0 Å². The highest BCUT2D eigenvalue weighted by atomic mass is 16.3. The third-order valence-corrected chi connectivity index (χ3v) is 5.40. The topological polar surface area (TPSA) is 38.7 Å². The first-order valence-electron chi connectivity index (χ1n) is 8.75. The van der Waals surface area contributed by atoms with Crippen molar-refractivity contribution < 1.29 is 5.11 Å². The van der Waals surface area contributed by atoms with Gasteiger partial charge in [0, 0.05) is 24.2 Å². The molecule has 0 saturated carbocycles. The van der Waals surface area contributed by atoms with E-state index in [0.717, 1.165) is 24.9 Å². The van der Waals surface area contributed by atoms with Crippen LogP contribution in [-0.2, 0) is 0 Å². The normalized spacial score (nSPS) is 31.1. The van der Waals surface area contributed by atoms with Gasteiger partial charge in [0.2, 0.25) is 0 Å². The highest BCUT2D eigenvalue weighted by Crippen LogP contribution is 2.29. The van der Waals surface area contributed by atoms with Crippen LogP contribution in [0.15, 0.2) is 0 Å². The van der Waals surface area contributed by atoms with E-state index < -0.39 is 0 Å². The zero-order valence-electron chi connectivity index (χ0n) is 14.4. The molecule has 0 aromatic heterocycles. The van der Waals surface area contributed by atoms with Crippen molar-refractivity contribution in [1.29, 1.82) is 0 Å². The Hall–Kier alpha value is -0.160. The average molecular weight is 297 g/mol. The molecule has 21 heavy (non-hydrogen) atoms. The standard InChI is InChI=1S/C17H35N3O/c1-14(2)18-17(3,13-21)8-11-20-10-7-16-15(12-20)6-5-9-19(16)4/h14-16,18,21H,5-13H2,1-4H3. The molecule has 2 N–H and O–H groups in total. The molecule has 0 radical (unpaired) electrons. The van der Waals surface area contributed by atoms with E-state index in [1.165, 1.54) is 38.9 Å². The van der Waals surface area contributed by atoms with Gasteiger partial charge in [-0.25, -0.2) is 0 Å². The SMILES string of the molecule is CC(C)NC(C)(CO)CCN1CCC2C(CCCN2C)C1. The van der Waals surface area contributed by atoms with Gasteiger partial charge < -0.3 is 20.2 Å². The minimum Gasteiger partial charge on any atom is -0.394 e. The second-order valence-electron chi connectivity index (χ2n) is 7.81. The lowest BCUT2D eigenvalue weighted by molar-refractivity contribution is 0.0324. The van der Waals surface area contributed by atoms with Gasteiger partial charge in [-0.3, -0.25) is 0 Å². The lowest BCUT2D eigenvalue weighted by Gasteiger charge is -2.46. The predicted molar refractivity (Wildman–Crippen MR) is 88.6 cm³/mol. The number of aliphatic hydroxyl groups is 1. The van der Waals surface area contributed by atoms with Gasteiger partial charge in [-0.15, -0.1) is 0 Å². The van der Waals surface area contributed by atoms with E-state index >= 15 is 0 Å². The van der Waals surface area contributed by atoms with Gasteiger partial charge >= 0.3 is 0 Å². The number of rotatable bonds is 6. The fourth-order valence-electron chi connectivity index (χ4n) is 4.23. The van der Waals surface area contributed by atoms with Crippen molar-refractivity contribution in [2.24, 2.45) is 5.92 Å². The number of hydrogen-bond acceptors (Lipinski definition) is 4. The largest absolute Gasteiger partial charge is 0.394 e. The van der Waals surface area contributed by atoms with E-state index in [0.29, 0.717) is 6.04 Å². The van der Waals surface area contributed by atoms with Crippen LogP contribution in [0.3, 0.4) is 0 Å². The number of aliphatic hydroxyl groups excluding tert-OH is 1. The van der Waals surface area contributed by atoms with Crippen LogP contribution in [0.2, 0.25) is 0 Å². The molecule has 0 aromatic rings. The van der Waals surface area contributed by atoms with Crippen LogP contribution in [0.1, 0.15) is 46.5 Å². The highest BCUT2D eigenvalue weighted by Gasteiger charge is 2.34. The van der Waals surface area contributed by atoms with Gasteiger partial charge in [0.25, 0.3) is 0 Å². The van der Waals surface area contributed by atoms with Gasteiger partial charge in [0.05, 0.1) is 6.61 Å². The second-order valence-corrected chi connectivity index (χ2v) is 7.81. The maximum atomic E-state index is 9.70. The smallest absolute Gasteiger partial charge is 0.0611 e. The second kappa shape index (κ2) is 7.40. The van der Waals surface area contributed by atoms with Crippen LogP contribution >= 0.6 is 0 Å². The Balaban J connectivity index is 1.81. The summed E-state index contributed by atoms with van der Waals surface area (Å²) in [5.74, 6) is 0.857. The molecule has 0 aliphatic carbocycles. The summed E-state index contributed by atoms with van der Waals surface area (Å²) in [6.45, 7) is 11.5. The van der Waals surface area contributed by atoms with Crippen molar-refractivity contribution in [3.05, 3.63) is 0 Å². The molecule has 3 unspecified atom stereocenters. The summed E-state index contributed by atoms with van der Waals surface area (Å²) in [6, 6.07) is 1.23. The van der Waals surface area contributed by atoms with Gasteiger partial charge in [0.15, 0.2) is 0 Å². The average Bonchev–Trinajstić information content (AvgIpc) is 2.45. The number of likely N-dealkylation sites (tertiary alicyclic amines) is 2. The molecular formula is C17H35N3O. The van der Waals surface area contributed by atoms with E-state index in [-0.39, 0.29) is 12.1 Å². The van der Waals surface area contributed by atoms with Crippen molar-refractivity contribution in [1.82, 2.24) is 15.1 Å². The lowest BCUT2D eigenvalue weighted by atomic mass is 9.84. The van der Waals surface area contributed by atoms with Crippen LogP contribution in [-0.4, -0.2) is 72.4 Å². The first-order chi connectivity index (χ1) is 9.93. The van der Waals surface area contributed by atoms with Gasteiger partial charge in [-0.05, 0) is 65.2 Å². The molecule has 2 fully saturated rings. The third-order valence-electron chi connectivity index (χ3n) is 5.40. The van der Waals surface area contributed by atoms with E-state index in [2.05, 4.69) is 42.9 Å². The molecule has 2 rings (SSSR count). The zero-order chi connectivity index (χ0) is 15.5. The molecule has 2 aliphatic heterocycles. The van der Waals surface area contributed by atoms with Crippen LogP contribution < -0.4 is 5.32 Å². The predicted octanol–water partition coefficient (Wildman–Crippen LogP) is 1.54. The molecule has 0 amide bonds. The monoisotopic (exact) mass is 297 g/mol. The molecule has 0 bridgehead atoms. The molecular weight excluding hydrogens is 262 g/mol. The molecule has 0 aromatic carbocycles. The zero-order valence-corrected chi connectivity index (χ0v) is 14.4. The molecule has 0 spiro atoms. The molecule has 2 heterocycles. The van der Waals surface area contributed by atoms with Gasteiger partial charge in [-0.1, -0.05) is 13.8 Å². The van der Waals surface area contributed by atoms with Gasteiger partial charge in [-0.2, -0.15) is 0 Å². The molecule has 4 heteroatoms.